The molecule has 0 radical (unpaired) electrons. The van der Waals surface area contributed by atoms with Crippen LogP contribution in [0, 0.1) is 23.7 Å². The summed E-state index contributed by atoms with van der Waals surface area (Å²) in [4.78, 5) is 35.4. The molecule has 0 saturated carbocycles. The topological polar surface area (TPSA) is 184 Å². The molecule has 15 heteroatoms. The molecule has 0 aliphatic carbocycles. The van der Waals surface area contributed by atoms with E-state index in [9.17, 15) is 24.9 Å². The van der Waals surface area contributed by atoms with Gasteiger partial charge in [-0.1, -0.05) is 58.0 Å². The number of aliphatic hydroxyl groups excluding tert-OH is 2. The third-order valence-corrected chi connectivity index (χ3v) is 13.9. The highest BCUT2D eigenvalue weighted by Crippen LogP contribution is 2.43. The molecule has 5 rings (SSSR count). The van der Waals surface area contributed by atoms with Crippen molar-refractivity contribution in [1.29, 1.82) is 0 Å². The van der Waals surface area contributed by atoms with Gasteiger partial charge in [-0.05, 0) is 66.4 Å². The van der Waals surface area contributed by atoms with E-state index < -0.39 is 102 Å². The van der Waals surface area contributed by atoms with Gasteiger partial charge in [0, 0.05) is 45.4 Å². The van der Waals surface area contributed by atoms with Crippen molar-refractivity contribution >= 4 is 17.8 Å². The number of carbonyl (C=O) groups is 2. The van der Waals surface area contributed by atoms with Crippen molar-refractivity contribution in [3.8, 4) is 0 Å². The number of rotatable bonds is 9. The van der Waals surface area contributed by atoms with Gasteiger partial charge in [-0.3, -0.25) is 9.59 Å². The maximum absolute atomic E-state index is 14.4. The predicted octanol–water partition coefficient (Wildman–Crippen LogP) is 4.40. The third kappa shape index (κ3) is 9.89. The Kier molecular flexibility index (Phi) is 15.6. The first-order valence-electron chi connectivity index (χ1n) is 21.6. The zero-order valence-electron chi connectivity index (χ0n) is 37.9. The third-order valence-electron chi connectivity index (χ3n) is 13.9. The highest BCUT2D eigenvalue weighted by molar-refractivity contribution is 5.83. The molecule has 4 heterocycles. The normalized spacial score (nSPS) is 45.4. The number of cyclic esters (lactones) is 1. The minimum atomic E-state index is -1.97. The summed E-state index contributed by atoms with van der Waals surface area (Å²) in [6.07, 6.45) is -7.95. The van der Waals surface area contributed by atoms with Crippen LogP contribution in [0.25, 0.3) is 0 Å². The van der Waals surface area contributed by atoms with Crippen molar-refractivity contribution in [2.45, 2.75) is 186 Å². The second-order valence-electron chi connectivity index (χ2n) is 18.5. The molecule has 0 spiro atoms. The molecule has 15 nitrogen and oxygen atoms in total. The summed E-state index contributed by atoms with van der Waals surface area (Å²) in [5, 5.41) is 34.4. The minimum absolute atomic E-state index is 0.130. The number of ketones is 1. The zero-order valence-corrected chi connectivity index (χ0v) is 37.9. The van der Waals surface area contributed by atoms with Gasteiger partial charge < -0.3 is 58.1 Å². The Morgan fingerprint density at radius 3 is 2.13 bits per heavy atom. The summed E-state index contributed by atoms with van der Waals surface area (Å²) >= 11 is 0. The van der Waals surface area contributed by atoms with E-state index in [2.05, 4.69) is 0 Å². The molecule has 1 aromatic carbocycles. The fourth-order valence-corrected chi connectivity index (χ4v) is 9.81. The lowest BCUT2D eigenvalue weighted by molar-refractivity contribution is -0.315. The van der Waals surface area contributed by atoms with Gasteiger partial charge in [0.15, 0.2) is 18.7 Å². The van der Waals surface area contributed by atoms with Gasteiger partial charge in [0.05, 0.1) is 60.2 Å². The van der Waals surface area contributed by atoms with E-state index in [0.29, 0.717) is 19.0 Å². The Balaban J connectivity index is 1.59. The van der Waals surface area contributed by atoms with Crippen LogP contribution in [0.1, 0.15) is 100 Å². The van der Waals surface area contributed by atoms with Crippen LogP contribution in [0.3, 0.4) is 0 Å². The van der Waals surface area contributed by atoms with Gasteiger partial charge in [0.2, 0.25) is 0 Å². The molecule has 0 bridgehead atoms. The predicted molar refractivity (Wildman–Crippen MR) is 222 cm³/mol. The minimum Gasteiger partial charge on any atom is -0.459 e. The van der Waals surface area contributed by atoms with Crippen LogP contribution in [0.15, 0.2) is 35.3 Å². The number of hydrogen-bond donors (Lipinski definition) is 3. The highest BCUT2D eigenvalue weighted by atomic mass is 16.7. The van der Waals surface area contributed by atoms with Gasteiger partial charge in [0.25, 0.3) is 6.02 Å². The van der Waals surface area contributed by atoms with Gasteiger partial charge in [-0.25, -0.2) is 4.99 Å². The van der Waals surface area contributed by atoms with Crippen LogP contribution in [0.4, 0.5) is 0 Å². The molecule has 4 aliphatic rings. The fraction of sp³-hybridized carbons (Fsp3) is 0.800. The van der Waals surface area contributed by atoms with Gasteiger partial charge in [-0.2, -0.15) is 0 Å². The first kappa shape index (κ1) is 48.3. The molecule has 0 aromatic heterocycles. The number of hydrogen-bond acceptors (Lipinski definition) is 14. The molecular weight excluding hydrogens is 776 g/mol. The average molecular weight is 849 g/mol. The van der Waals surface area contributed by atoms with E-state index in [1.807, 2.05) is 63.1 Å². The molecule has 1 aromatic rings. The Labute approximate surface area is 356 Å². The Morgan fingerprint density at radius 1 is 0.867 bits per heavy atom. The van der Waals surface area contributed by atoms with Crippen LogP contribution in [0.5, 0.6) is 0 Å². The molecular formula is C45H72N2O13. The van der Waals surface area contributed by atoms with Crippen molar-refractivity contribution in [3.63, 3.8) is 0 Å². The van der Waals surface area contributed by atoms with E-state index in [0.717, 1.165) is 5.56 Å². The number of methoxy groups -OCH3 is 2. The van der Waals surface area contributed by atoms with E-state index >= 15 is 0 Å². The number of amidine groups is 1. The number of fused-ring (bicyclic) bond motifs is 1. The number of ether oxygens (including phenoxy) is 8. The van der Waals surface area contributed by atoms with Crippen LogP contribution >= 0.6 is 0 Å². The summed E-state index contributed by atoms with van der Waals surface area (Å²) in [6, 6.07) is 10.2. The molecule has 0 amide bonds. The number of benzene rings is 1. The van der Waals surface area contributed by atoms with E-state index in [1.54, 1.807) is 48.7 Å². The Bertz CT molecular complexity index is 1630. The lowest BCUT2D eigenvalue weighted by Gasteiger charge is -2.49. The SMILES string of the molecule is CC[C@H]1OC(=O)[C@H](C)[C@@H](O[C@H]2C[C@@](C)(OC)[C@@H](O)[C@H](C)O2)[C@H](C)[C@@H](O[C@@H]2O[C@H](C)C[C@H]3[C@H]2OC(=NCc2ccccc2)N3C)[C@](C)(OC)C[C@@H](C)C(=O)[C@H](C)[C@@H](O)[C@]1(C)O. The van der Waals surface area contributed by atoms with Gasteiger partial charge >= 0.3 is 5.97 Å². The number of nitrogens with zero attached hydrogens (tertiary/aromatic N) is 2. The van der Waals surface area contributed by atoms with Crippen molar-refractivity contribution < 1.29 is 62.8 Å². The van der Waals surface area contributed by atoms with Gasteiger partial charge in [-0.15, -0.1) is 0 Å². The first-order valence-corrected chi connectivity index (χ1v) is 21.6. The molecule has 4 aliphatic heterocycles. The second-order valence-corrected chi connectivity index (χ2v) is 18.5. The van der Waals surface area contributed by atoms with Crippen LogP contribution in [-0.2, 0) is 54.0 Å². The number of carbonyl (C=O) groups excluding carboxylic acids is 2. The van der Waals surface area contributed by atoms with Crippen molar-refractivity contribution in [1.82, 2.24) is 4.90 Å². The summed E-state index contributed by atoms with van der Waals surface area (Å²) < 4.78 is 51.6. The van der Waals surface area contributed by atoms with E-state index in [1.165, 1.54) is 14.0 Å². The number of aliphatic hydroxyl groups is 3. The van der Waals surface area contributed by atoms with Crippen LogP contribution in [0.2, 0.25) is 0 Å². The number of likely N-dealkylation sites (N-methyl/N-ethyl adjacent to an activating group) is 1. The standard InChI is InChI=1S/C45H72N2O13/c1-14-32-45(10,52)37(49)26(4)34(48)24(2)21-44(9,54-13)39(27(5)35(28(6)40(51)57-32)58-33-22-43(8,53-12)38(50)29(7)56-33)60-41-36-31(20-25(3)55-41)47(11)42(59-36)46-23-30-18-16-15-17-19-30/h15-19,24-29,31-33,35-39,41,49-50,52H,14,20-23H2,1-13H3/t24-,25-,26+,27+,28-,29+,31+,32-,33+,35+,36-,37-,38+,39-,41+,43-,44-,45-/m1/s1. The zero-order chi connectivity index (χ0) is 44.5. The monoisotopic (exact) mass is 849 g/mol. The highest BCUT2D eigenvalue weighted by Gasteiger charge is 2.56. The maximum Gasteiger partial charge on any atom is 0.311 e. The van der Waals surface area contributed by atoms with Crippen molar-refractivity contribution in [2.75, 3.05) is 21.3 Å². The van der Waals surface area contributed by atoms with E-state index in [-0.39, 0.29) is 37.2 Å². The van der Waals surface area contributed by atoms with Crippen molar-refractivity contribution in [3.05, 3.63) is 35.9 Å². The molecule has 18 atom stereocenters. The van der Waals surface area contributed by atoms with Crippen molar-refractivity contribution in [2.24, 2.45) is 28.7 Å². The fourth-order valence-electron chi connectivity index (χ4n) is 9.81. The van der Waals surface area contributed by atoms with Crippen LogP contribution < -0.4 is 0 Å². The molecule has 3 N–H and O–H groups in total. The van der Waals surface area contributed by atoms with E-state index in [4.69, 9.17) is 42.9 Å². The summed E-state index contributed by atoms with van der Waals surface area (Å²) in [5.41, 5.74) is -3.21. The smallest absolute Gasteiger partial charge is 0.311 e. The summed E-state index contributed by atoms with van der Waals surface area (Å²) in [7, 11) is 5.01. The lowest BCUT2D eigenvalue weighted by Crippen LogP contribution is -2.61. The maximum atomic E-state index is 14.4. The molecule has 4 fully saturated rings. The quantitative estimate of drug-likeness (QED) is 0.297. The Hall–Kier alpha value is -2.73. The molecule has 4 saturated heterocycles. The molecule has 340 valence electrons. The van der Waals surface area contributed by atoms with Gasteiger partial charge in [0.1, 0.15) is 23.6 Å². The number of Topliss-reactive ketones (excluding diaryl/α,β-unsaturated/α-hetero) is 1. The Morgan fingerprint density at radius 2 is 1.52 bits per heavy atom. The number of esters is 1. The first-order chi connectivity index (χ1) is 28.1. The van der Waals surface area contributed by atoms with Crippen LogP contribution in [-0.4, -0.2) is 144 Å². The lowest BCUT2D eigenvalue weighted by atomic mass is 9.74. The molecule has 60 heavy (non-hydrogen) atoms. The summed E-state index contributed by atoms with van der Waals surface area (Å²) in [6.45, 7) is 17.8. The molecule has 0 unspecified atom stereocenters. The largest absolute Gasteiger partial charge is 0.459 e. The average Bonchev–Trinajstić information content (AvgIpc) is 3.54. The second kappa shape index (κ2) is 19.3. The number of aliphatic imine (C=N–C) groups is 1. The summed E-state index contributed by atoms with van der Waals surface area (Å²) in [5.74, 6) is -4.41.